The van der Waals surface area contributed by atoms with Gasteiger partial charge in [-0.25, -0.2) is 9.78 Å². The number of anilines is 2. The Bertz CT molecular complexity index is 1510. The van der Waals surface area contributed by atoms with Gasteiger partial charge in [0, 0.05) is 18.2 Å². The van der Waals surface area contributed by atoms with Gasteiger partial charge in [0.25, 0.3) is 5.56 Å². The van der Waals surface area contributed by atoms with Crippen LogP contribution in [0.4, 0.5) is 16.4 Å². The Balaban J connectivity index is 1.08. The fourth-order valence-electron chi connectivity index (χ4n) is 5.06. The number of nitriles is 1. The van der Waals surface area contributed by atoms with Gasteiger partial charge in [-0.3, -0.25) is 14.5 Å². The molecule has 0 spiro atoms. The zero-order chi connectivity index (χ0) is 24.8. The molecule has 3 aliphatic rings. The number of carbonyl (C=O) groups excluding carboxylic acids is 2. The van der Waals surface area contributed by atoms with E-state index in [4.69, 9.17) is 4.74 Å². The van der Waals surface area contributed by atoms with Gasteiger partial charge in [0.2, 0.25) is 5.91 Å². The lowest BCUT2D eigenvalue weighted by atomic mass is 10.00. The number of ether oxygens (including phenoxy) is 1. The number of hydrogen-bond donors (Lipinski definition) is 2. The Morgan fingerprint density at radius 1 is 1.17 bits per heavy atom. The summed E-state index contributed by atoms with van der Waals surface area (Å²) in [4.78, 5) is 43.4. The number of benzene rings is 1. The van der Waals surface area contributed by atoms with Crippen molar-refractivity contribution in [1.29, 1.82) is 5.26 Å². The number of nitrogens with zero attached hydrogens (tertiary/aromatic N) is 4. The van der Waals surface area contributed by atoms with Gasteiger partial charge in [0.1, 0.15) is 17.7 Å². The molecule has 0 radical (unpaired) electrons. The van der Waals surface area contributed by atoms with Crippen LogP contribution in [0.3, 0.4) is 0 Å². The third-order valence-corrected chi connectivity index (χ3v) is 7.78. The normalized spacial score (nSPS) is 20.2. The molecular weight excluding hydrogens is 480 g/mol. The number of carbonyl (C=O) groups is 2. The first kappa shape index (κ1) is 22.6. The van der Waals surface area contributed by atoms with Crippen molar-refractivity contribution in [3.63, 3.8) is 0 Å². The van der Waals surface area contributed by atoms with Crippen LogP contribution in [0.25, 0.3) is 10.9 Å². The van der Waals surface area contributed by atoms with E-state index < -0.39 is 6.09 Å². The van der Waals surface area contributed by atoms with Gasteiger partial charge in [-0.15, -0.1) is 11.8 Å². The molecule has 36 heavy (non-hydrogen) atoms. The minimum absolute atomic E-state index is 0.0740. The van der Waals surface area contributed by atoms with Gasteiger partial charge in [-0.1, -0.05) is 6.07 Å². The predicted molar refractivity (Wildman–Crippen MR) is 134 cm³/mol. The molecule has 182 valence electrons. The molecule has 1 fully saturated rings. The van der Waals surface area contributed by atoms with Gasteiger partial charge in [0.05, 0.1) is 40.4 Å². The summed E-state index contributed by atoms with van der Waals surface area (Å²) in [7, 11) is 0. The first-order valence-corrected chi connectivity index (χ1v) is 12.7. The lowest BCUT2D eigenvalue weighted by Gasteiger charge is -2.18. The molecule has 0 aliphatic carbocycles. The van der Waals surface area contributed by atoms with Crippen molar-refractivity contribution in [1.82, 2.24) is 14.9 Å². The summed E-state index contributed by atoms with van der Waals surface area (Å²) in [5.74, 6) is 1.16. The standard InChI is InChI=1S/C25H22N6O4S/c26-10-15-4-3-14-5-8-21(33)31-12-17(22(15)23(14)31)27-9-1-2-16-11-30(25(34)35-16)19-7-6-18-24(28-19)29-20(32)13-36-18/h3-8,16-17,27H,1-2,9,11-13H2,(H,28,29,32)/t16-,17+/m1/s1. The summed E-state index contributed by atoms with van der Waals surface area (Å²) in [6.45, 7) is 1.51. The van der Waals surface area contributed by atoms with E-state index in [2.05, 4.69) is 21.7 Å². The second kappa shape index (κ2) is 8.96. The highest BCUT2D eigenvalue weighted by Crippen LogP contribution is 2.34. The molecule has 10 nitrogen and oxygen atoms in total. The molecule has 2 atom stereocenters. The summed E-state index contributed by atoms with van der Waals surface area (Å²) in [6, 6.07) is 12.8. The van der Waals surface area contributed by atoms with Crippen LogP contribution in [-0.2, 0) is 16.1 Å². The van der Waals surface area contributed by atoms with E-state index in [9.17, 15) is 19.6 Å². The molecule has 11 heteroatoms. The first-order valence-electron chi connectivity index (χ1n) is 11.7. The van der Waals surface area contributed by atoms with E-state index in [1.807, 2.05) is 12.1 Å². The van der Waals surface area contributed by atoms with Crippen LogP contribution in [0.5, 0.6) is 0 Å². The maximum atomic E-state index is 12.5. The topological polar surface area (TPSA) is 129 Å². The Kier molecular flexibility index (Phi) is 5.62. The Morgan fingerprint density at radius 3 is 2.89 bits per heavy atom. The van der Waals surface area contributed by atoms with E-state index in [-0.39, 0.29) is 23.6 Å². The lowest BCUT2D eigenvalue weighted by molar-refractivity contribution is -0.113. The quantitative estimate of drug-likeness (QED) is 0.492. The molecule has 3 aliphatic heterocycles. The lowest BCUT2D eigenvalue weighted by Crippen LogP contribution is -2.28. The number of amides is 2. The predicted octanol–water partition coefficient (Wildman–Crippen LogP) is 2.76. The monoisotopic (exact) mass is 502 g/mol. The summed E-state index contributed by atoms with van der Waals surface area (Å²) in [5.41, 5.74) is 2.20. The van der Waals surface area contributed by atoms with Crippen LogP contribution >= 0.6 is 11.8 Å². The van der Waals surface area contributed by atoms with E-state index >= 15 is 0 Å². The molecule has 2 N–H and O–H groups in total. The molecule has 3 aromatic rings. The molecule has 1 aromatic carbocycles. The van der Waals surface area contributed by atoms with E-state index in [0.717, 1.165) is 27.8 Å². The van der Waals surface area contributed by atoms with Crippen molar-refractivity contribution in [2.75, 3.05) is 29.1 Å². The molecule has 0 bridgehead atoms. The number of fused-ring (bicyclic) bond motifs is 1. The number of nitrogens with one attached hydrogen (secondary N) is 2. The molecule has 2 amide bonds. The number of rotatable bonds is 6. The van der Waals surface area contributed by atoms with Crippen LogP contribution in [0, 0.1) is 11.3 Å². The second-order valence-corrected chi connectivity index (χ2v) is 9.99. The number of cyclic esters (lactones) is 1. The van der Waals surface area contributed by atoms with Crippen molar-refractivity contribution in [3.05, 3.63) is 57.9 Å². The Labute approximate surface area is 210 Å². The third kappa shape index (κ3) is 3.88. The first-order chi connectivity index (χ1) is 17.5. The number of hydrogen-bond acceptors (Lipinski definition) is 8. The van der Waals surface area contributed by atoms with E-state index in [1.165, 1.54) is 16.7 Å². The smallest absolute Gasteiger partial charge is 0.415 e. The Hall–Kier alpha value is -3.88. The van der Waals surface area contributed by atoms with E-state index in [1.54, 1.807) is 28.8 Å². The van der Waals surface area contributed by atoms with Crippen LogP contribution in [0.1, 0.15) is 30.0 Å². The molecule has 2 aromatic heterocycles. The van der Waals surface area contributed by atoms with E-state index in [0.29, 0.717) is 49.0 Å². The van der Waals surface area contributed by atoms with Crippen molar-refractivity contribution in [2.45, 2.75) is 36.4 Å². The second-order valence-electron chi connectivity index (χ2n) is 8.98. The van der Waals surface area contributed by atoms with Crippen molar-refractivity contribution in [3.8, 4) is 6.07 Å². The largest absolute Gasteiger partial charge is 0.444 e. The van der Waals surface area contributed by atoms with Crippen LogP contribution in [0.15, 0.2) is 46.1 Å². The highest BCUT2D eigenvalue weighted by Gasteiger charge is 2.34. The van der Waals surface area contributed by atoms with Gasteiger partial charge >= 0.3 is 6.09 Å². The molecule has 0 unspecified atom stereocenters. The van der Waals surface area contributed by atoms with Crippen molar-refractivity contribution >= 4 is 46.3 Å². The minimum atomic E-state index is -0.453. The maximum absolute atomic E-state index is 12.5. The van der Waals surface area contributed by atoms with Gasteiger partial charge in [-0.05, 0) is 49.0 Å². The molecule has 1 saturated heterocycles. The third-order valence-electron chi connectivity index (χ3n) is 6.73. The average Bonchev–Trinajstić information content (AvgIpc) is 3.45. The zero-order valence-corrected chi connectivity index (χ0v) is 20.0. The van der Waals surface area contributed by atoms with Crippen LogP contribution < -0.4 is 21.1 Å². The number of pyridine rings is 2. The highest BCUT2D eigenvalue weighted by molar-refractivity contribution is 8.00. The Morgan fingerprint density at radius 2 is 2.03 bits per heavy atom. The van der Waals surface area contributed by atoms with Gasteiger partial charge in [0.15, 0.2) is 0 Å². The SMILES string of the molecule is N#Cc1ccc2ccc(=O)n3c2c1[C@@H](NCCC[C@@H]1CN(c2ccc4c(n2)NC(=O)CS4)C(=O)O1)C3. The minimum Gasteiger partial charge on any atom is -0.444 e. The average molecular weight is 503 g/mol. The van der Waals surface area contributed by atoms with Crippen molar-refractivity contribution in [2.24, 2.45) is 0 Å². The van der Waals surface area contributed by atoms with Crippen LogP contribution in [0.2, 0.25) is 0 Å². The van der Waals surface area contributed by atoms with Gasteiger partial charge < -0.3 is 19.9 Å². The van der Waals surface area contributed by atoms with Crippen LogP contribution in [-0.4, -0.2) is 46.5 Å². The fraction of sp³-hybridized carbons (Fsp3) is 0.320. The maximum Gasteiger partial charge on any atom is 0.415 e. The summed E-state index contributed by atoms with van der Waals surface area (Å²) in [6.07, 6.45) is 0.672. The summed E-state index contributed by atoms with van der Waals surface area (Å²) >= 11 is 1.42. The fourth-order valence-corrected chi connectivity index (χ4v) is 5.82. The molecule has 5 heterocycles. The molecular formula is C25H22N6O4S. The van der Waals surface area contributed by atoms with Crippen molar-refractivity contribution < 1.29 is 14.3 Å². The summed E-state index contributed by atoms with van der Waals surface area (Å²) in [5, 5.41) is 16.8. The zero-order valence-electron chi connectivity index (χ0n) is 19.2. The highest BCUT2D eigenvalue weighted by atomic mass is 32.2. The molecule has 0 saturated carbocycles. The molecule has 6 rings (SSSR count). The van der Waals surface area contributed by atoms with Gasteiger partial charge in [-0.2, -0.15) is 5.26 Å². The number of thioether (sulfide) groups is 1. The number of aromatic nitrogens is 2. The summed E-state index contributed by atoms with van der Waals surface area (Å²) < 4.78 is 7.28.